The Morgan fingerprint density at radius 3 is 2.17 bits per heavy atom. The van der Waals surface area contributed by atoms with Crippen molar-refractivity contribution in [2.24, 2.45) is 0 Å². The zero-order valence-electron chi connectivity index (χ0n) is 13.4. The summed E-state index contributed by atoms with van der Waals surface area (Å²) in [4.78, 5) is 24.8. The van der Waals surface area contributed by atoms with Crippen LogP contribution in [0.2, 0.25) is 0 Å². The Hall–Kier alpha value is -2.27. The summed E-state index contributed by atoms with van der Waals surface area (Å²) >= 11 is 1.52. The van der Waals surface area contributed by atoms with Crippen molar-refractivity contribution in [2.45, 2.75) is 24.0 Å². The van der Waals surface area contributed by atoms with Crippen LogP contribution in [0.3, 0.4) is 0 Å². The number of amides is 2. The SMILES string of the molecule is CNC(=O)c1ccc(NC(=O)[C@H](C)Sc2ccc(C)cc2)cc1. The monoisotopic (exact) mass is 328 g/mol. The van der Waals surface area contributed by atoms with Crippen molar-refractivity contribution in [3.8, 4) is 0 Å². The summed E-state index contributed by atoms with van der Waals surface area (Å²) in [6, 6.07) is 14.9. The van der Waals surface area contributed by atoms with Crippen LogP contribution >= 0.6 is 11.8 Å². The summed E-state index contributed by atoms with van der Waals surface area (Å²) in [5, 5.41) is 5.22. The molecule has 0 saturated carbocycles. The first-order valence-electron chi connectivity index (χ1n) is 7.36. The number of rotatable bonds is 5. The van der Waals surface area contributed by atoms with Crippen LogP contribution < -0.4 is 10.6 Å². The van der Waals surface area contributed by atoms with Gasteiger partial charge < -0.3 is 10.6 Å². The highest BCUT2D eigenvalue weighted by molar-refractivity contribution is 8.00. The van der Waals surface area contributed by atoms with Gasteiger partial charge >= 0.3 is 0 Å². The zero-order chi connectivity index (χ0) is 16.8. The van der Waals surface area contributed by atoms with E-state index in [2.05, 4.69) is 10.6 Å². The average Bonchev–Trinajstić information content (AvgIpc) is 2.56. The van der Waals surface area contributed by atoms with Crippen molar-refractivity contribution >= 4 is 29.3 Å². The van der Waals surface area contributed by atoms with Crippen molar-refractivity contribution in [2.75, 3.05) is 12.4 Å². The summed E-state index contributed by atoms with van der Waals surface area (Å²) in [7, 11) is 1.59. The van der Waals surface area contributed by atoms with E-state index in [4.69, 9.17) is 0 Å². The Morgan fingerprint density at radius 2 is 1.61 bits per heavy atom. The molecule has 0 saturated heterocycles. The van der Waals surface area contributed by atoms with Crippen molar-refractivity contribution in [1.82, 2.24) is 5.32 Å². The third-order valence-corrected chi connectivity index (χ3v) is 4.46. The van der Waals surface area contributed by atoms with Crippen LogP contribution in [0.15, 0.2) is 53.4 Å². The Bertz CT molecular complexity index is 681. The van der Waals surface area contributed by atoms with Gasteiger partial charge in [0.15, 0.2) is 0 Å². The van der Waals surface area contributed by atoms with E-state index in [1.807, 2.05) is 38.1 Å². The topological polar surface area (TPSA) is 58.2 Å². The lowest BCUT2D eigenvalue weighted by atomic mass is 10.2. The molecule has 0 aliphatic carbocycles. The van der Waals surface area contributed by atoms with Crippen LogP contribution in [0.25, 0.3) is 0 Å². The first kappa shape index (κ1) is 17.1. The third kappa shape index (κ3) is 4.86. The highest BCUT2D eigenvalue weighted by Gasteiger charge is 2.14. The van der Waals surface area contributed by atoms with Gasteiger partial charge in [0.25, 0.3) is 5.91 Å². The van der Waals surface area contributed by atoms with E-state index in [1.54, 1.807) is 31.3 Å². The van der Waals surface area contributed by atoms with E-state index in [0.29, 0.717) is 11.3 Å². The molecule has 2 aromatic rings. The summed E-state index contributed by atoms with van der Waals surface area (Å²) < 4.78 is 0. The minimum absolute atomic E-state index is 0.0664. The molecule has 2 rings (SSSR count). The molecule has 0 spiro atoms. The quantitative estimate of drug-likeness (QED) is 0.826. The second-order valence-corrected chi connectivity index (χ2v) is 6.63. The van der Waals surface area contributed by atoms with Gasteiger partial charge in [-0.05, 0) is 50.2 Å². The number of thioether (sulfide) groups is 1. The molecule has 1 atom stereocenters. The minimum Gasteiger partial charge on any atom is -0.355 e. The van der Waals surface area contributed by atoms with E-state index in [1.165, 1.54) is 17.3 Å². The Kier molecular flexibility index (Phi) is 5.82. The van der Waals surface area contributed by atoms with Crippen molar-refractivity contribution in [3.05, 3.63) is 59.7 Å². The zero-order valence-corrected chi connectivity index (χ0v) is 14.2. The molecule has 0 aromatic heterocycles. The van der Waals surface area contributed by atoms with Gasteiger partial charge in [-0.25, -0.2) is 0 Å². The normalized spacial score (nSPS) is 11.6. The fourth-order valence-corrected chi connectivity index (χ4v) is 2.84. The molecular weight excluding hydrogens is 308 g/mol. The molecule has 0 heterocycles. The van der Waals surface area contributed by atoms with Gasteiger partial charge in [-0.1, -0.05) is 17.7 Å². The molecule has 0 bridgehead atoms. The molecule has 5 heteroatoms. The lowest BCUT2D eigenvalue weighted by Gasteiger charge is -2.12. The summed E-state index contributed by atoms with van der Waals surface area (Å²) in [6.07, 6.45) is 0. The van der Waals surface area contributed by atoms with Crippen LogP contribution in [0.1, 0.15) is 22.8 Å². The molecule has 0 fully saturated rings. The molecule has 2 N–H and O–H groups in total. The Balaban J connectivity index is 1.95. The van der Waals surface area contributed by atoms with E-state index in [0.717, 1.165) is 4.90 Å². The Labute approximate surface area is 140 Å². The van der Waals surface area contributed by atoms with Crippen LogP contribution in [-0.2, 0) is 4.79 Å². The number of hydrogen-bond donors (Lipinski definition) is 2. The van der Waals surface area contributed by atoms with Crippen LogP contribution in [0, 0.1) is 6.92 Å². The molecule has 4 nitrogen and oxygen atoms in total. The second kappa shape index (κ2) is 7.83. The van der Waals surface area contributed by atoms with Crippen molar-refractivity contribution in [1.29, 1.82) is 0 Å². The molecular formula is C18H20N2O2S. The van der Waals surface area contributed by atoms with E-state index >= 15 is 0 Å². The number of benzene rings is 2. The smallest absolute Gasteiger partial charge is 0.251 e. The molecule has 2 amide bonds. The van der Waals surface area contributed by atoms with Gasteiger partial charge in [0.05, 0.1) is 5.25 Å². The van der Waals surface area contributed by atoms with Crippen LogP contribution in [0.5, 0.6) is 0 Å². The number of nitrogens with one attached hydrogen (secondary N) is 2. The van der Waals surface area contributed by atoms with Gasteiger partial charge in [-0.15, -0.1) is 11.8 Å². The first-order valence-corrected chi connectivity index (χ1v) is 8.24. The fourth-order valence-electron chi connectivity index (χ4n) is 1.97. The number of carbonyl (C=O) groups is 2. The predicted octanol–water partition coefficient (Wildman–Crippen LogP) is 3.47. The average molecular weight is 328 g/mol. The number of hydrogen-bond acceptors (Lipinski definition) is 3. The second-order valence-electron chi connectivity index (χ2n) is 5.22. The highest BCUT2D eigenvalue weighted by atomic mass is 32.2. The maximum atomic E-state index is 12.2. The number of anilines is 1. The standard InChI is InChI=1S/C18H20N2O2S/c1-12-4-10-16(11-5-12)23-13(2)17(21)20-15-8-6-14(7-9-15)18(22)19-3/h4-11,13H,1-3H3,(H,19,22)(H,20,21)/t13-/m0/s1. The number of aryl methyl sites for hydroxylation is 1. The van der Waals surface area contributed by atoms with E-state index < -0.39 is 0 Å². The molecule has 0 aliphatic rings. The van der Waals surface area contributed by atoms with Gasteiger partial charge in [-0.3, -0.25) is 9.59 Å². The Morgan fingerprint density at radius 1 is 1.00 bits per heavy atom. The third-order valence-electron chi connectivity index (χ3n) is 3.34. The van der Waals surface area contributed by atoms with Crippen molar-refractivity contribution in [3.63, 3.8) is 0 Å². The van der Waals surface area contributed by atoms with E-state index in [-0.39, 0.29) is 17.1 Å². The largest absolute Gasteiger partial charge is 0.355 e. The minimum atomic E-state index is -0.212. The van der Waals surface area contributed by atoms with Gasteiger partial charge in [0.2, 0.25) is 5.91 Å². The maximum Gasteiger partial charge on any atom is 0.251 e. The molecule has 23 heavy (non-hydrogen) atoms. The van der Waals surface area contributed by atoms with E-state index in [9.17, 15) is 9.59 Å². The maximum absolute atomic E-state index is 12.2. The molecule has 0 radical (unpaired) electrons. The van der Waals surface area contributed by atoms with Crippen molar-refractivity contribution < 1.29 is 9.59 Å². The van der Waals surface area contributed by atoms with Gasteiger partial charge in [0, 0.05) is 23.2 Å². The summed E-state index contributed by atoms with van der Waals surface area (Å²) in [5.74, 6) is -0.213. The lowest BCUT2D eigenvalue weighted by molar-refractivity contribution is -0.115. The first-order chi connectivity index (χ1) is 11.0. The van der Waals surface area contributed by atoms with Gasteiger partial charge in [-0.2, -0.15) is 0 Å². The molecule has 2 aromatic carbocycles. The molecule has 0 unspecified atom stereocenters. The summed E-state index contributed by atoms with van der Waals surface area (Å²) in [5.41, 5.74) is 2.44. The molecule has 0 aliphatic heterocycles. The molecule has 120 valence electrons. The fraction of sp³-hybridized carbons (Fsp3) is 0.222. The number of carbonyl (C=O) groups excluding carboxylic acids is 2. The lowest BCUT2D eigenvalue weighted by Crippen LogP contribution is -2.22. The predicted molar refractivity (Wildman–Crippen MR) is 95.0 cm³/mol. The van der Waals surface area contributed by atoms with Gasteiger partial charge in [0.1, 0.15) is 0 Å². The highest BCUT2D eigenvalue weighted by Crippen LogP contribution is 2.24. The van der Waals surface area contributed by atoms with Crippen LogP contribution in [0.4, 0.5) is 5.69 Å². The van der Waals surface area contributed by atoms with Crippen LogP contribution in [-0.4, -0.2) is 24.1 Å². The summed E-state index contributed by atoms with van der Waals surface area (Å²) in [6.45, 7) is 3.91.